The third-order valence-electron chi connectivity index (χ3n) is 7.18. The summed E-state index contributed by atoms with van der Waals surface area (Å²) in [5, 5.41) is 8.06. The summed E-state index contributed by atoms with van der Waals surface area (Å²) < 4.78 is 46.7. The molecule has 5 fully saturated rings. The highest BCUT2D eigenvalue weighted by molar-refractivity contribution is 6.21. The van der Waals surface area contributed by atoms with Gasteiger partial charge in [0.25, 0.3) is 0 Å². The minimum absolute atomic E-state index is 0.0232. The molecule has 4 saturated carbocycles. The van der Waals surface area contributed by atoms with Crippen LogP contribution in [0.15, 0.2) is 0 Å². The average Bonchev–Trinajstić information content (AvgIpc) is 3.23. The first-order chi connectivity index (χ1) is 15.6. The molecule has 1 saturated heterocycles. The molecule has 5 unspecified atom stereocenters. The number of halogens is 4. The first-order valence-electron chi connectivity index (χ1n) is 11.7. The molecular weight excluding hydrogens is 463 g/mol. The maximum Gasteiger partial charge on any atom is 0.346 e. The van der Waals surface area contributed by atoms with E-state index in [-0.39, 0.29) is 30.2 Å². The van der Waals surface area contributed by atoms with Crippen LogP contribution in [0.4, 0.5) is 13.2 Å². The van der Waals surface area contributed by atoms with Crippen LogP contribution in [0.2, 0.25) is 0 Å². The monoisotopic (exact) mass is 497 g/mol. The van der Waals surface area contributed by atoms with Gasteiger partial charge < -0.3 is 20.1 Å². The molecule has 0 aromatic carbocycles. The lowest BCUT2D eigenvalue weighted by Gasteiger charge is -2.46. The number of amides is 2. The maximum atomic E-state index is 13.5. The Bertz CT molecular complexity index is 661. The SMILES string of the molecule is CC12CCC(NC(=O)COC3CCC(Cl)C(F)C3)(C1)C2.O=CNC1CCC(OC(F)F)NC1. The second kappa shape index (κ2) is 11.6. The summed E-state index contributed by atoms with van der Waals surface area (Å²) in [5.74, 6) is -0.0580. The fourth-order valence-corrected chi connectivity index (χ4v) is 5.89. The lowest BCUT2D eigenvalue weighted by molar-refractivity contribution is -0.177. The summed E-state index contributed by atoms with van der Waals surface area (Å²) in [7, 11) is 0. The molecule has 1 heterocycles. The van der Waals surface area contributed by atoms with E-state index in [1.165, 1.54) is 6.42 Å². The Morgan fingerprint density at radius 3 is 2.55 bits per heavy atom. The van der Waals surface area contributed by atoms with Gasteiger partial charge >= 0.3 is 6.61 Å². The van der Waals surface area contributed by atoms with Crippen LogP contribution in [0.5, 0.6) is 0 Å². The number of fused-ring (bicyclic) bond motifs is 1. The quantitative estimate of drug-likeness (QED) is 0.354. The molecule has 0 aromatic heterocycles. The van der Waals surface area contributed by atoms with Crippen LogP contribution < -0.4 is 16.0 Å². The molecule has 2 amide bonds. The summed E-state index contributed by atoms with van der Waals surface area (Å²) in [6.45, 7) is 0.0549. The molecule has 0 aromatic rings. The van der Waals surface area contributed by atoms with E-state index in [2.05, 4.69) is 27.6 Å². The molecule has 1 aliphatic heterocycles. The molecule has 5 atom stereocenters. The number of rotatable bonds is 8. The molecule has 0 spiro atoms. The van der Waals surface area contributed by atoms with Gasteiger partial charge in [0.1, 0.15) is 19.0 Å². The number of piperidine rings is 1. The van der Waals surface area contributed by atoms with Crippen molar-refractivity contribution in [3.05, 3.63) is 0 Å². The van der Waals surface area contributed by atoms with Crippen molar-refractivity contribution in [1.29, 1.82) is 0 Å². The zero-order valence-corrected chi connectivity index (χ0v) is 19.7. The second-order valence-corrected chi connectivity index (χ2v) is 10.7. The van der Waals surface area contributed by atoms with Crippen molar-refractivity contribution in [1.82, 2.24) is 16.0 Å². The Morgan fingerprint density at radius 2 is 2.00 bits per heavy atom. The topological polar surface area (TPSA) is 88.7 Å². The zero-order valence-electron chi connectivity index (χ0n) is 19.0. The first kappa shape index (κ1) is 26.5. The van der Waals surface area contributed by atoms with Crippen molar-refractivity contribution >= 4 is 23.9 Å². The summed E-state index contributed by atoms with van der Waals surface area (Å²) in [6.07, 6.45) is 6.12. The number of hydrogen-bond donors (Lipinski definition) is 3. The van der Waals surface area contributed by atoms with Gasteiger partial charge in [-0.05, 0) is 56.8 Å². The summed E-state index contributed by atoms with van der Waals surface area (Å²) in [4.78, 5) is 22.0. The Labute approximate surface area is 197 Å². The largest absolute Gasteiger partial charge is 0.368 e. The molecule has 11 heteroatoms. The highest BCUT2D eigenvalue weighted by atomic mass is 35.5. The van der Waals surface area contributed by atoms with Crippen LogP contribution in [0.1, 0.15) is 64.7 Å². The van der Waals surface area contributed by atoms with Gasteiger partial charge in [0.2, 0.25) is 12.3 Å². The number of carbonyl (C=O) groups is 2. The van der Waals surface area contributed by atoms with Crippen molar-refractivity contribution in [3.63, 3.8) is 0 Å². The summed E-state index contributed by atoms with van der Waals surface area (Å²) in [6, 6.07) is 0.0232. The van der Waals surface area contributed by atoms with Gasteiger partial charge in [-0.1, -0.05) is 6.92 Å². The fraction of sp³-hybridized carbons (Fsp3) is 0.909. The predicted octanol–water partition coefficient (Wildman–Crippen LogP) is 3.00. The Morgan fingerprint density at radius 1 is 1.24 bits per heavy atom. The van der Waals surface area contributed by atoms with Crippen LogP contribution in [-0.4, -0.2) is 67.5 Å². The molecule has 4 aliphatic carbocycles. The molecule has 0 radical (unpaired) electrons. The van der Waals surface area contributed by atoms with Crippen molar-refractivity contribution < 1.29 is 32.2 Å². The number of alkyl halides is 4. The van der Waals surface area contributed by atoms with Crippen molar-refractivity contribution in [3.8, 4) is 0 Å². The van der Waals surface area contributed by atoms with E-state index in [1.54, 1.807) is 0 Å². The van der Waals surface area contributed by atoms with Crippen LogP contribution in [0.3, 0.4) is 0 Å². The van der Waals surface area contributed by atoms with Crippen LogP contribution in [0.25, 0.3) is 0 Å². The molecule has 33 heavy (non-hydrogen) atoms. The Hall–Kier alpha value is -1.10. The summed E-state index contributed by atoms with van der Waals surface area (Å²) in [5.41, 5.74) is 0.486. The second-order valence-electron chi connectivity index (χ2n) is 10.1. The molecule has 190 valence electrons. The van der Waals surface area contributed by atoms with Crippen molar-refractivity contribution in [2.75, 3.05) is 13.2 Å². The first-order valence-corrected chi connectivity index (χ1v) is 12.1. The van der Waals surface area contributed by atoms with Gasteiger partial charge in [-0.25, -0.2) is 4.39 Å². The maximum absolute atomic E-state index is 13.5. The fourth-order valence-electron chi connectivity index (χ4n) is 5.66. The van der Waals surface area contributed by atoms with Crippen LogP contribution in [-0.2, 0) is 19.1 Å². The third-order valence-corrected chi connectivity index (χ3v) is 7.67. The van der Waals surface area contributed by atoms with E-state index in [0.29, 0.717) is 44.1 Å². The molecule has 7 nitrogen and oxygen atoms in total. The van der Waals surface area contributed by atoms with Gasteiger partial charge in [-0.2, -0.15) is 8.78 Å². The highest BCUT2D eigenvalue weighted by Gasteiger charge is 2.58. The molecular formula is C22H35ClF3N3O4. The Balaban J connectivity index is 0.000000205. The summed E-state index contributed by atoms with van der Waals surface area (Å²) >= 11 is 5.84. The van der Waals surface area contributed by atoms with E-state index in [9.17, 15) is 22.8 Å². The van der Waals surface area contributed by atoms with E-state index >= 15 is 0 Å². The van der Waals surface area contributed by atoms with E-state index in [1.807, 2.05) is 0 Å². The smallest absolute Gasteiger partial charge is 0.346 e. The number of nitrogens with one attached hydrogen (secondary N) is 3. The molecule has 3 N–H and O–H groups in total. The predicted molar refractivity (Wildman–Crippen MR) is 117 cm³/mol. The Kier molecular flexibility index (Phi) is 9.28. The van der Waals surface area contributed by atoms with Gasteiger partial charge in [0.15, 0.2) is 0 Å². The van der Waals surface area contributed by atoms with Crippen LogP contribution >= 0.6 is 11.6 Å². The van der Waals surface area contributed by atoms with Gasteiger partial charge in [0, 0.05) is 24.5 Å². The normalized spacial score (nSPS) is 39.8. The van der Waals surface area contributed by atoms with E-state index in [4.69, 9.17) is 16.3 Å². The number of carbonyl (C=O) groups excluding carboxylic acids is 2. The lowest BCUT2D eigenvalue weighted by Crippen LogP contribution is -2.55. The van der Waals surface area contributed by atoms with Gasteiger partial charge in [-0.15, -0.1) is 11.6 Å². The van der Waals surface area contributed by atoms with Crippen molar-refractivity contribution in [2.24, 2.45) is 5.41 Å². The molecule has 5 rings (SSSR count). The minimum Gasteiger partial charge on any atom is -0.368 e. The minimum atomic E-state index is -2.74. The van der Waals surface area contributed by atoms with Gasteiger partial charge in [-0.3, -0.25) is 14.9 Å². The third kappa shape index (κ3) is 7.70. The number of ether oxygens (including phenoxy) is 2. The average molecular weight is 498 g/mol. The standard InChI is InChI=1S/C15H23ClFNO2.C7H12F2N2O2/c1-14-4-5-15(8-14,9-14)18-13(19)7-20-10-2-3-11(16)12(17)6-10;8-7(9)13-6-2-1-5(3-10-6)11-4-12/h10-12H,2-9H2,1H3,(H,18,19);4-7,10H,1-3H2,(H,11,12). The van der Waals surface area contributed by atoms with Crippen molar-refractivity contribution in [2.45, 2.75) is 107 Å². The zero-order chi connectivity index (χ0) is 24.1. The lowest BCUT2D eigenvalue weighted by atomic mass is 9.66. The molecule has 5 aliphatic rings. The van der Waals surface area contributed by atoms with Crippen LogP contribution in [0, 0.1) is 5.41 Å². The molecule has 2 bridgehead atoms. The van der Waals surface area contributed by atoms with Gasteiger partial charge in [0.05, 0.1) is 11.5 Å². The number of hydrogen-bond acceptors (Lipinski definition) is 5. The van der Waals surface area contributed by atoms with E-state index in [0.717, 1.165) is 25.7 Å². The highest BCUT2D eigenvalue weighted by Crippen LogP contribution is 2.60. The van der Waals surface area contributed by atoms with E-state index < -0.39 is 24.4 Å².